The van der Waals surface area contributed by atoms with Crippen molar-refractivity contribution in [1.82, 2.24) is 15.5 Å². The van der Waals surface area contributed by atoms with Gasteiger partial charge in [-0.15, -0.1) is 0 Å². The molecular formula is C22H18FN3O4. The second kappa shape index (κ2) is 8.30. The van der Waals surface area contributed by atoms with E-state index in [9.17, 15) is 14.0 Å². The van der Waals surface area contributed by atoms with E-state index >= 15 is 0 Å². The first-order chi connectivity index (χ1) is 14.6. The van der Waals surface area contributed by atoms with E-state index in [-0.39, 0.29) is 18.1 Å². The lowest BCUT2D eigenvalue weighted by Gasteiger charge is -2.27. The summed E-state index contributed by atoms with van der Waals surface area (Å²) in [6.07, 6.45) is 2.13. The summed E-state index contributed by atoms with van der Waals surface area (Å²) in [5, 5.41) is 12.6. The third-order valence-corrected chi connectivity index (χ3v) is 4.93. The van der Waals surface area contributed by atoms with Gasteiger partial charge in [-0.1, -0.05) is 47.6 Å². The molecule has 4 rings (SSSR count). The van der Waals surface area contributed by atoms with Gasteiger partial charge in [-0.3, -0.25) is 14.8 Å². The molecule has 2 aromatic carbocycles. The summed E-state index contributed by atoms with van der Waals surface area (Å²) in [6.45, 7) is 0.474. The number of amides is 2. The Morgan fingerprint density at radius 2 is 1.87 bits per heavy atom. The van der Waals surface area contributed by atoms with Crippen LogP contribution in [0.15, 0.2) is 59.1 Å². The maximum absolute atomic E-state index is 13.4. The van der Waals surface area contributed by atoms with Crippen molar-refractivity contribution < 1.29 is 23.7 Å². The minimum Gasteiger partial charge on any atom is -0.360 e. The van der Waals surface area contributed by atoms with Gasteiger partial charge in [0.05, 0.1) is 6.54 Å². The number of nitrogens with zero attached hydrogens (tertiary/aromatic N) is 2. The van der Waals surface area contributed by atoms with E-state index < -0.39 is 11.7 Å². The molecule has 1 aromatic heterocycles. The van der Waals surface area contributed by atoms with E-state index in [1.54, 1.807) is 23.1 Å². The Morgan fingerprint density at radius 1 is 1.13 bits per heavy atom. The Hall–Kier alpha value is -3.78. The first-order valence-electron chi connectivity index (χ1n) is 9.30. The Balaban J connectivity index is 1.69. The molecule has 0 unspecified atom stereocenters. The van der Waals surface area contributed by atoms with Crippen molar-refractivity contribution in [3.8, 4) is 0 Å². The maximum Gasteiger partial charge on any atom is 0.297 e. The standard InChI is InChI=1S/C22H18FN3O4/c23-16-8-6-15(7-9-16)17(12-14-4-2-1-3-5-14)22(28)26-11-10-19-18(13-26)20(25-30-19)21(27)24-29/h1-9,12,29H,10-11,13H2,(H,24,27)/b17-12+. The molecule has 0 spiro atoms. The lowest BCUT2D eigenvalue weighted by molar-refractivity contribution is -0.125. The van der Waals surface area contributed by atoms with Gasteiger partial charge in [0.2, 0.25) is 0 Å². The van der Waals surface area contributed by atoms with Crippen LogP contribution in [0.2, 0.25) is 0 Å². The van der Waals surface area contributed by atoms with Gasteiger partial charge in [0.15, 0.2) is 5.69 Å². The monoisotopic (exact) mass is 407 g/mol. The van der Waals surface area contributed by atoms with Crippen LogP contribution in [0, 0.1) is 5.82 Å². The topological polar surface area (TPSA) is 95.7 Å². The smallest absolute Gasteiger partial charge is 0.297 e. The number of fused-ring (bicyclic) bond motifs is 1. The third-order valence-electron chi connectivity index (χ3n) is 4.93. The molecule has 8 heteroatoms. The van der Waals surface area contributed by atoms with E-state index in [2.05, 4.69) is 5.16 Å². The van der Waals surface area contributed by atoms with Crippen molar-refractivity contribution >= 4 is 23.5 Å². The first kappa shape index (κ1) is 19.5. The molecule has 2 amide bonds. The van der Waals surface area contributed by atoms with E-state index in [0.29, 0.717) is 35.4 Å². The number of hydrogen-bond acceptors (Lipinski definition) is 5. The quantitative estimate of drug-likeness (QED) is 0.300. The second-order valence-electron chi connectivity index (χ2n) is 6.83. The number of nitrogens with one attached hydrogen (secondary N) is 1. The van der Waals surface area contributed by atoms with Gasteiger partial charge < -0.3 is 9.42 Å². The highest BCUT2D eigenvalue weighted by Crippen LogP contribution is 2.27. The van der Waals surface area contributed by atoms with Crippen LogP contribution in [0.4, 0.5) is 4.39 Å². The zero-order valence-electron chi connectivity index (χ0n) is 15.8. The van der Waals surface area contributed by atoms with Crippen molar-refractivity contribution in [3.63, 3.8) is 0 Å². The van der Waals surface area contributed by atoms with Gasteiger partial charge in [-0.2, -0.15) is 0 Å². The van der Waals surface area contributed by atoms with Crippen LogP contribution in [0.3, 0.4) is 0 Å². The molecule has 7 nitrogen and oxygen atoms in total. The molecule has 30 heavy (non-hydrogen) atoms. The Labute approximate surface area is 171 Å². The number of aromatic nitrogens is 1. The lowest BCUT2D eigenvalue weighted by atomic mass is 9.99. The van der Waals surface area contributed by atoms with E-state index in [4.69, 9.17) is 9.73 Å². The molecule has 0 saturated heterocycles. The summed E-state index contributed by atoms with van der Waals surface area (Å²) < 4.78 is 18.6. The zero-order valence-corrected chi connectivity index (χ0v) is 15.8. The summed E-state index contributed by atoms with van der Waals surface area (Å²) in [6, 6.07) is 15.1. The van der Waals surface area contributed by atoms with Crippen molar-refractivity contribution in [1.29, 1.82) is 0 Å². The number of benzene rings is 2. The summed E-state index contributed by atoms with van der Waals surface area (Å²) in [5.74, 6) is -0.953. The third kappa shape index (κ3) is 3.85. The molecule has 0 aliphatic carbocycles. The predicted octanol–water partition coefficient (Wildman–Crippen LogP) is 3.06. The van der Waals surface area contributed by atoms with E-state index in [1.165, 1.54) is 17.6 Å². The number of rotatable bonds is 4. The van der Waals surface area contributed by atoms with Crippen LogP contribution in [0.1, 0.15) is 32.9 Å². The van der Waals surface area contributed by atoms with Crippen LogP contribution in [0.25, 0.3) is 11.6 Å². The summed E-state index contributed by atoms with van der Waals surface area (Å²) >= 11 is 0. The van der Waals surface area contributed by atoms with Gasteiger partial charge in [0.1, 0.15) is 11.6 Å². The predicted molar refractivity (Wildman–Crippen MR) is 106 cm³/mol. The molecule has 0 radical (unpaired) electrons. The molecule has 0 saturated carbocycles. The highest BCUT2D eigenvalue weighted by atomic mass is 19.1. The number of carbonyl (C=O) groups is 2. The molecule has 2 heterocycles. The van der Waals surface area contributed by atoms with Gasteiger partial charge >= 0.3 is 0 Å². The van der Waals surface area contributed by atoms with Crippen LogP contribution < -0.4 is 5.48 Å². The fourth-order valence-corrected chi connectivity index (χ4v) is 3.40. The average molecular weight is 407 g/mol. The Kier molecular flexibility index (Phi) is 5.40. The average Bonchev–Trinajstić information content (AvgIpc) is 3.21. The zero-order chi connectivity index (χ0) is 21.1. The molecule has 0 bridgehead atoms. The number of hydroxylamine groups is 1. The number of carbonyl (C=O) groups excluding carboxylic acids is 2. The highest BCUT2D eigenvalue weighted by Gasteiger charge is 2.31. The van der Waals surface area contributed by atoms with E-state index in [0.717, 1.165) is 5.56 Å². The normalized spacial score (nSPS) is 13.7. The number of halogens is 1. The summed E-state index contributed by atoms with van der Waals surface area (Å²) in [5.41, 5.74) is 3.74. The molecule has 0 atom stereocenters. The van der Waals surface area contributed by atoms with Crippen molar-refractivity contribution in [2.45, 2.75) is 13.0 Å². The molecule has 2 N–H and O–H groups in total. The SMILES string of the molecule is O=C(NO)c1noc2c1CN(C(=O)/C(=C/c1ccccc1)c1ccc(F)cc1)CC2. The molecule has 152 valence electrons. The second-order valence-corrected chi connectivity index (χ2v) is 6.83. The van der Waals surface area contributed by atoms with E-state index in [1.807, 2.05) is 30.3 Å². The van der Waals surface area contributed by atoms with Crippen molar-refractivity contribution in [2.75, 3.05) is 6.54 Å². The maximum atomic E-state index is 13.4. The fraction of sp³-hybridized carbons (Fsp3) is 0.136. The summed E-state index contributed by atoms with van der Waals surface area (Å²) in [4.78, 5) is 26.8. The van der Waals surface area contributed by atoms with Crippen molar-refractivity contribution in [2.24, 2.45) is 0 Å². The van der Waals surface area contributed by atoms with Gasteiger partial charge in [-0.05, 0) is 29.3 Å². The molecule has 0 fully saturated rings. The lowest BCUT2D eigenvalue weighted by Crippen LogP contribution is -2.37. The molecule has 1 aliphatic rings. The van der Waals surface area contributed by atoms with Gasteiger partial charge in [0.25, 0.3) is 11.8 Å². The largest absolute Gasteiger partial charge is 0.360 e. The first-order valence-corrected chi connectivity index (χ1v) is 9.30. The van der Waals surface area contributed by atoms with Gasteiger partial charge in [-0.25, -0.2) is 9.87 Å². The molecule has 1 aliphatic heterocycles. The van der Waals surface area contributed by atoms with Crippen LogP contribution >= 0.6 is 0 Å². The minimum absolute atomic E-state index is 0.0552. The fourth-order valence-electron chi connectivity index (χ4n) is 3.40. The van der Waals surface area contributed by atoms with Crippen LogP contribution in [-0.2, 0) is 17.8 Å². The molecular weight excluding hydrogens is 389 g/mol. The summed E-state index contributed by atoms with van der Waals surface area (Å²) in [7, 11) is 0. The Morgan fingerprint density at radius 3 is 2.57 bits per heavy atom. The molecule has 3 aromatic rings. The van der Waals surface area contributed by atoms with Crippen molar-refractivity contribution in [3.05, 3.63) is 88.6 Å². The van der Waals surface area contributed by atoms with Crippen LogP contribution in [0.5, 0.6) is 0 Å². The minimum atomic E-state index is -0.798. The highest BCUT2D eigenvalue weighted by molar-refractivity contribution is 6.24. The Bertz CT molecular complexity index is 1110. The van der Waals surface area contributed by atoms with Gasteiger partial charge in [0, 0.05) is 24.1 Å². The number of hydrogen-bond donors (Lipinski definition) is 2. The van der Waals surface area contributed by atoms with Crippen LogP contribution in [-0.4, -0.2) is 33.6 Å².